The Labute approximate surface area is 141 Å². The van der Waals surface area contributed by atoms with Crippen LogP contribution in [-0.2, 0) is 0 Å². The van der Waals surface area contributed by atoms with Gasteiger partial charge >= 0.3 is 5.97 Å². The van der Waals surface area contributed by atoms with Crippen LogP contribution in [0.4, 0.5) is 4.39 Å². The summed E-state index contributed by atoms with van der Waals surface area (Å²) in [6.45, 7) is 1.65. The molecule has 5 nitrogen and oxygen atoms in total. The molecule has 0 fully saturated rings. The van der Waals surface area contributed by atoms with Crippen LogP contribution < -0.4 is 0 Å². The molecule has 0 aliphatic heterocycles. The van der Waals surface area contributed by atoms with Crippen molar-refractivity contribution in [1.82, 2.24) is 15.0 Å². The van der Waals surface area contributed by atoms with E-state index in [1.807, 2.05) is 0 Å². The number of rotatable bonds is 4. The Morgan fingerprint density at radius 3 is 2.50 bits per heavy atom. The number of aromatic nitrogens is 3. The fourth-order valence-electron chi connectivity index (χ4n) is 1.99. The lowest BCUT2D eigenvalue weighted by molar-refractivity contribution is 0.0701. The van der Waals surface area contributed by atoms with E-state index >= 15 is 0 Å². The summed E-state index contributed by atoms with van der Waals surface area (Å²) in [5, 5.41) is 9.59. The molecule has 120 valence electrons. The molecule has 0 aliphatic rings. The highest BCUT2D eigenvalue weighted by atomic mass is 32.1. The van der Waals surface area contributed by atoms with Crippen molar-refractivity contribution >= 4 is 29.5 Å². The average Bonchev–Trinajstić information content (AvgIpc) is 2.97. The molecule has 0 saturated heterocycles. The molecule has 3 aromatic rings. The molecule has 0 amide bonds. The molecular formula is C17H12FN3O2S. The van der Waals surface area contributed by atoms with Crippen LogP contribution in [-0.4, -0.2) is 26.0 Å². The van der Waals surface area contributed by atoms with Crippen LogP contribution in [0.3, 0.4) is 0 Å². The lowest BCUT2D eigenvalue weighted by Crippen LogP contribution is -1.94. The first-order valence-corrected chi connectivity index (χ1v) is 7.81. The molecule has 1 aromatic carbocycles. The zero-order valence-corrected chi connectivity index (χ0v) is 13.4. The largest absolute Gasteiger partial charge is 0.477 e. The molecule has 2 aromatic heterocycles. The number of carboxylic acid groups (broad SMARTS) is 1. The third kappa shape index (κ3) is 3.52. The quantitative estimate of drug-likeness (QED) is 0.778. The Morgan fingerprint density at radius 2 is 1.92 bits per heavy atom. The third-order valence-electron chi connectivity index (χ3n) is 3.20. The second-order valence-corrected chi connectivity index (χ2v) is 5.95. The second-order valence-electron chi connectivity index (χ2n) is 4.95. The van der Waals surface area contributed by atoms with Crippen LogP contribution in [0.2, 0.25) is 0 Å². The van der Waals surface area contributed by atoms with E-state index < -0.39 is 5.97 Å². The van der Waals surface area contributed by atoms with Crippen LogP contribution >= 0.6 is 11.3 Å². The zero-order valence-electron chi connectivity index (χ0n) is 12.6. The van der Waals surface area contributed by atoms with Crippen molar-refractivity contribution in [2.45, 2.75) is 6.92 Å². The molecule has 24 heavy (non-hydrogen) atoms. The first-order chi connectivity index (χ1) is 11.5. The average molecular weight is 341 g/mol. The summed E-state index contributed by atoms with van der Waals surface area (Å²) < 4.78 is 12.8. The Bertz CT molecular complexity index is 903. The van der Waals surface area contributed by atoms with E-state index in [0.29, 0.717) is 22.1 Å². The first kappa shape index (κ1) is 15.9. The van der Waals surface area contributed by atoms with E-state index in [1.54, 1.807) is 43.6 Å². The van der Waals surface area contributed by atoms with Gasteiger partial charge in [-0.2, -0.15) is 0 Å². The summed E-state index contributed by atoms with van der Waals surface area (Å²) in [7, 11) is 0. The molecule has 0 saturated carbocycles. The SMILES string of the molecule is Cc1nc(-c2cnc(/C=C/c3ccc(F)cc3)cn2)sc1C(=O)O. The predicted molar refractivity (Wildman–Crippen MR) is 90.2 cm³/mol. The molecule has 0 unspecified atom stereocenters. The highest BCUT2D eigenvalue weighted by Gasteiger charge is 2.15. The number of benzene rings is 1. The Hall–Kier alpha value is -2.93. The topological polar surface area (TPSA) is 76.0 Å². The van der Waals surface area contributed by atoms with E-state index in [4.69, 9.17) is 5.11 Å². The van der Waals surface area contributed by atoms with Gasteiger partial charge in [0.25, 0.3) is 0 Å². The van der Waals surface area contributed by atoms with Crippen molar-refractivity contribution in [2.24, 2.45) is 0 Å². The number of hydrogen-bond acceptors (Lipinski definition) is 5. The number of hydrogen-bond donors (Lipinski definition) is 1. The Kier molecular flexibility index (Phi) is 4.43. The first-order valence-electron chi connectivity index (χ1n) is 7.00. The second kappa shape index (κ2) is 6.67. The van der Waals surface area contributed by atoms with Crippen LogP contribution in [0.25, 0.3) is 22.9 Å². The molecule has 0 atom stereocenters. The number of thiazole rings is 1. The van der Waals surface area contributed by atoms with Crippen LogP contribution in [0.15, 0.2) is 36.7 Å². The standard InChI is InChI=1S/C17H12FN3O2S/c1-10-15(17(22)23)24-16(21-10)14-9-19-13(8-20-14)7-4-11-2-5-12(18)6-3-11/h2-9H,1H3,(H,22,23)/b7-4+. The Balaban J connectivity index is 1.79. The predicted octanol–water partition coefficient (Wildman–Crippen LogP) is 3.92. The highest BCUT2D eigenvalue weighted by molar-refractivity contribution is 7.16. The summed E-state index contributed by atoms with van der Waals surface area (Å²) in [5.41, 5.74) is 2.47. The number of nitrogens with zero attached hydrogens (tertiary/aromatic N) is 3. The van der Waals surface area contributed by atoms with Crippen molar-refractivity contribution in [3.8, 4) is 10.7 Å². The van der Waals surface area contributed by atoms with Gasteiger partial charge in [0.2, 0.25) is 0 Å². The summed E-state index contributed by atoms with van der Waals surface area (Å²) in [6, 6.07) is 6.11. The van der Waals surface area contributed by atoms with E-state index in [1.165, 1.54) is 12.1 Å². The molecule has 3 rings (SSSR count). The van der Waals surface area contributed by atoms with Crippen LogP contribution in [0.5, 0.6) is 0 Å². The maximum atomic E-state index is 12.8. The fourth-order valence-corrected chi connectivity index (χ4v) is 2.86. The van der Waals surface area contributed by atoms with Crippen molar-refractivity contribution in [2.75, 3.05) is 0 Å². The summed E-state index contributed by atoms with van der Waals surface area (Å²) in [4.78, 5) is 24.0. The number of aromatic carboxylic acids is 1. The minimum Gasteiger partial charge on any atom is -0.477 e. The lowest BCUT2D eigenvalue weighted by atomic mass is 10.2. The van der Waals surface area contributed by atoms with Crippen LogP contribution in [0, 0.1) is 12.7 Å². The highest BCUT2D eigenvalue weighted by Crippen LogP contribution is 2.26. The van der Waals surface area contributed by atoms with Gasteiger partial charge in [0.15, 0.2) is 0 Å². The lowest BCUT2D eigenvalue weighted by Gasteiger charge is -1.97. The molecule has 0 radical (unpaired) electrons. The molecular weight excluding hydrogens is 329 g/mol. The minimum absolute atomic E-state index is 0.201. The van der Waals surface area contributed by atoms with Gasteiger partial charge in [-0.3, -0.25) is 4.98 Å². The van der Waals surface area contributed by atoms with Gasteiger partial charge in [0, 0.05) is 0 Å². The van der Waals surface area contributed by atoms with E-state index in [2.05, 4.69) is 15.0 Å². The number of carboxylic acids is 1. The summed E-state index contributed by atoms with van der Waals surface area (Å²) >= 11 is 1.07. The maximum absolute atomic E-state index is 12.8. The minimum atomic E-state index is -0.997. The van der Waals surface area contributed by atoms with Gasteiger partial charge in [0.1, 0.15) is 21.4 Å². The normalized spacial score (nSPS) is 11.1. The van der Waals surface area contributed by atoms with Gasteiger partial charge in [0.05, 0.1) is 23.8 Å². The third-order valence-corrected chi connectivity index (χ3v) is 4.37. The smallest absolute Gasteiger partial charge is 0.347 e. The molecule has 0 spiro atoms. The molecule has 0 aliphatic carbocycles. The molecule has 2 heterocycles. The van der Waals surface area contributed by atoms with Crippen molar-refractivity contribution in [3.05, 3.63) is 64.3 Å². The van der Waals surface area contributed by atoms with E-state index in [-0.39, 0.29) is 10.7 Å². The fraction of sp³-hybridized carbons (Fsp3) is 0.0588. The number of aryl methyl sites for hydroxylation is 1. The van der Waals surface area contributed by atoms with E-state index in [9.17, 15) is 9.18 Å². The van der Waals surface area contributed by atoms with Crippen molar-refractivity contribution in [3.63, 3.8) is 0 Å². The summed E-state index contributed by atoms with van der Waals surface area (Å²) in [6.07, 6.45) is 6.69. The number of halogens is 1. The number of carbonyl (C=O) groups is 1. The molecule has 1 N–H and O–H groups in total. The van der Waals surface area contributed by atoms with Crippen molar-refractivity contribution in [1.29, 1.82) is 0 Å². The van der Waals surface area contributed by atoms with Gasteiger partial charge in [-0.15, -0.1) is 11.3 Å². The van der Waals surface area contributed by atoms with E-state index in [0.717, 1.165) is 16.9 Å². The Morgan fingerprint density at radius 1 is 1.17 bits per heavy atom. The zero-order chi connectivity index (χ0) is 17.1. The molecule has 7 heteroatoms. The van der Waals surface area contributed by atoms with Gasteiger partial charge < -0.3 is 5.11 Å². The summed E-state index contributed by atoms with van der Waals surface area (Å²) in [5.74, 6) is -1.28. The van der Waals surface area contributed by atoms with Gasteiger partial charge in [-0.25, -0.2) is 19.2 Å². The molecule has 0 bridgehead atoms. The van der Waals surface area contributed by atoms with Crippen LogP contribution in [0.1, 0.15) is 26.6 Å². The maximum Gasteiger partial charge on any atom is 0.347 e. The van der Waals surface area contributed by atoms with Gasteiger partial charge in [-0.05, 0) is 30.7 Å². The van der Waals surface area contributed by atoms with Crippen molar-refractivity contribution < 1.29 is 14.3 Å². The monoisotopic (exact) mass is 341 g/mol. The van der Waals surface area contributed by atoms with Gasteiger partial charge in [-0.1, -0.05) is 18.2 Å².